The van der Waals surface area contributed by atoms with Crippen molar-refractivity contribution in [3.8, 4) is 0 Å². The Bertz CT molecular complexity index is 356. The lowest BCUT2D eigenvalue weighted by molar-refractivity contribution is -0.00774. The Morgan fingerprint density at radius 1 is 1.56 bits per heavy atom. The second-order valence-electron chi connectivity index (χ2n) is 5.02. The van der Waals surface area contributed by atoms with Crippen molar-refractivity contribution in [3.63, 3.8) is 0 Å². The van der Waals surface area contributed by atoms with Gasteiger partial charge in [0, 0.05) is 6.04 Å². The summed E-state index contributed by atoms with van der Waals surface area (Å²) in [7, 11) is 0. The number of aliphatic hydroxyl groups is 1. The molecular weight excluding hydrogens is 206 g/mol. The first-order valence-corrected chi connectivity index (χ1v) is 5.72. The maximum Gasteiger partial charge on any atom is 0.240 e. The van der Waals surface area contributed by atoms with Gasteiger partial charge in [0.15, 0.2) is 5.82 Å². The summed E-state index contributed by atoms with van der Waals surface area (Å²) in [5.41, 5.74) is -0.675. The summed E-state index contributed by atoms with van der Waals surface area (Å²) < 4.78 is 5.10. The SMILES string of the molecule is Cc1noc(CN2CCCC2C(C)(C)O)n1. The molecule has 0 aromatic carbocycles. The highest BCUT2D eigenvalue weighted by atomic mass is 16.5. The molecule has 5 heteroatoms. The minimum atomic E-state index is -0.675. The lowest BCUT2D eigenvalue weighted by atomic mass is 9.97. The molecular formula is C11H19N3O2. The fraction of sp³-hybridized carbons (Fsp3) is 0.818. The molecule has 1 aliphatic rings. The normalized spacial score (nSPS) is 22.9. The van der Waals surface area contributed by atoms with E-state index >= 15 is 0 Å². The maximum absolute atomic E-state index is 10.1. The summed E-state index contributed by atoms with van der Waals surface area (Å²) in [5, 5.41) is 13.8. The van der Waals surface area contributed by atoms with E-state index < -0.39 is 5.60 Å². The predicted molar refractivity (Wildman–Crippen MR) is 58.8 cm³/mol. The molecule has 0 amide bonds. The van der Waals surface area contributed by atoms with E-state index in [2.05, 4.69) is 15.0 Å². The van der Waals surface area contributed by atoms with E-state index in [9.17, 15) is 5.11 Å². The second-order valence-corrected chi connectivity index (χ2v) is 5.02. The molecule has 1 saturated heterocycles. The van der Waals surface area contributed by atoms with Gasteiger partial charge >= 0.3 is 0 Å². The quantitative estimate of drug-likeness (QED) is 0.835. The summed E-state index contributed by atoms with van der Waals surface area (Å²) in [6, 6.07) is 0.180. The monoisotopic (exact) mass is 225 g/mol. The van der Waals surface area contributed by atoms with E-state index in [0.717, 1.165) is 19.4 Å². The van der Waals surface area contributed by atoms with Crippen LogP contribution in [0.4, 0.5) is 0 Å². The Hall–Kier alpha value is -0.940. The van der Waals surface area contributed by atoms with Gasteiger partial charge in [0.05, 0.1) is 12.1 Å². The van der Waals surface area contributed by atoms with Crippen LogP contribution in [0.15, 0.2) is 4.52 Å². The molecule has 1 fully saturated rings. The second kappa shape index (κ2) is 4.14. The molecule has 1 atom stereocenters. The average Bonchev–Trinajstić information content (AvgIpc) is 2.74. The van der Waals surface area contributed by atoms with Crippen LogP contribution in [0, 0.1) is 6.92 Å². The number of likely N-dealkylation sites (tertiary alicyclic amines) is 1. The van der Waals surface area contributed by atoms with E-state index in [0.29, 0.717) is 18.3 Å². The zero-order chi connectivity index (χ0) is 11.8. The van der Waals surface area contributed by atoms with Crippen LogP contribution in [0.5, 0.6) is 0 Å². The molecule has 1 aromatic rings. The van der Waals surface area contributed by atoms with E-state index in [1.807, 2.05) is 20.8 Å². The third kappa shape index (κ3) is 2.41. The number of nitrogens with zero attached hydrogens (tertiary/aromatic N) is 3. The third-order valence-electron chi connectivity index (χ3n) is 3.09. The fourth-order valence-corrected chi connectivity index (χ4v) is 2.39. The summed E-state index contributed by atoms with van der Waals surface area (Å²) >= 11 is 0. The first-order valence-electron chi connectivity index (χ1n) is 5.72. The van der Waals surface area contributed by atoms with Gasteiger partial charge in [-0.3, -0.25) is 4.90 Å². The molecule has 2 heterocycles. The van der Waals surface area contributed by atoms with Gasteiger partial charge in [0.1, 0.15) is 0 Å². The Labute approximate surface area is 95.4 Å². The number of aryl methyl sites for hydroxylation is 1. The van der Waals surface area contributed by atoms with Crippen LogP contribution in [0.2, 0.25) is 0 Å². The van der Waals surface area contributed by atoms with Crippen LogP contribution in [0.3, 0.4) is 0 Å². The van der Waals surface area contributed by atoms with Crippen LogP contribution < -0.4 is 0 Å². The van der Waals surface area contributed by atoms with Gasteiger partial charge < -0.3 is 9.63 Å². The molecule has 1 aliphatic heterocycles. The van der Waals surface area contributed by atoms with Crippen molar-refractivity contribution in [2.24, 2.45) is 0 Å². The van der Waals surface area contributed by atoms with Gasteiger partial charge in [-0.1, -0.05) is 5.16 Å². The minimum Gasteiger partial charge on any atom is -0.389 e. The Morgan fingerprint density at radius 2 is 2.31 bits per heavy atom. The van der Waals surface area contributed by atoms with Crippen molar-refractivity contribution in [2.45, 2.75) is 51.8 Å². The van der Waals surface area contributed by atoms with Crippen LogP contribution >= 0.6 is 0 Å². The van der Waals surface area contributed by atoms with Crippen molar-refractivity contribution in [1.29, 1.82) is 0 Å². The van der Waals surface area contributed by atoms with E-state index in [-0.39, 0.29) is 6.04 Å². The summed E-state index contributed by atoms with van der Waals surface area (Å²) in [6.07, 6.45) is 2.14. The van der Waals surface area contributed by atoms with E-state index in [1.165, 1.54) is 0 Å². The molecule has 0 saturated carbocycles. The highest BCUT2D eigenvalue weighted by molar-refractivity contribution is 4.93. The van der Waals surface area contributed by atoms with Crippen molar-refractivity contribution in [1.82, 2.24) is 15.0 Å². The van der Waals surface area contributed by atoms with Gasteiger partial charge in [-0.25, -0.2) is 0 Å². The van der Waals surface area contributed by atoms with Crippen molar-refractivity contribution < 1.29 is 9.63 Å². The minimum absolute atomic E-state index is 0.180. The average molecular weight is 225 g/mol. The van der Waals surface area contributed by atoms with Crippen molar-refractivity contribution in [2.75, 3.05) is 6.54 Å². The van der Waals surface area contributed by atoms with Crippen molar-refractivity contribution in [3.05, 3.63) is 11.7 Å². The van der Waals surface area contributed by atoms with Crippen LogP contribution in [0.25, 0.3) is 0 Å². The van der Waals surface area contributed by atoms with Gasteiger partial charge in [-0.15, -0.1) is 0 Å². The summed E-state index contributed by atoms with van der Waals surface area (Å²) in [5.74, 6) is 1.29. The van der Waals surface area contributed by atoms with Crippen LogP contribution in [0.1, 0.15) is 38.4 Å². The number of aromatic nitrogens is 2. The summed E-state index contributed by atoms with van der Waals surface area (Å²) in [4.78, 5) is 6.40. The third-order valence-corrected chi connectivity index (χ3v) is 3.09. The number of hydrogen-bond acceptors (Lipinski definition) is 5. The lowest BCUT2D eigenvalue weighted by Gasteiger charge is -2.32. The molecule has 5 nitrogen and oxygen atoms in total. The first-order chi connectivity index (χ1) is 7.47. The number of hydrogen-bond donors (Lipinski definition) is 1. The fourth-order valence-electron chi connectivity index (χ4n) is 2.39. The molecule has 2 rings (SSSR count). The maximum atomic E-state index is 10.1. The van der Waals surface area contributed by atoms with Crippen molar-refractivity contribution >= 4 is 0 Å². The molecule has 0 spiro atoms. The van der Waals surface area contributed by atoms with Gasteiger partial charge in [-0.2, -0.15) is 4.98 Å². The van der Waals surface area contributed by atoms with Gasteiger partial charge in [0.2, 0.25) is 5.89 Å². The molecule has 90 valence electrons. The van der Waals surface area contributed by atoms with Crippen LogP contribution in [-0.2, 0) is 6.54 Å². The van der Waals surface area contributed by atoms with E-state index in [1.54, 1.807) is 0 Å². The van der Waals surface area contributed by atoms with Gasteiger partial charge in [0.25, 0.3) is 0 Å². The Morgan fingerprint density at radius 3 is 2.88 bits per heavy atom. The highest BCUT2D eigenvalue weighted by Crippen LogP contribution is 2.27. The molecule has 0 bridgehead atoms. The highest BCUT2D eigenvalue weighted by Gasteiger charge is 2.36. The predicted octanol–water partition coefficient (Wildman–Crippen LogP) is 1.11. The summed E-state index contributed by atoms with van der Waals surface area (Å²) in [6.45, 7) is 7.14. The smallest absolute Gasteiger partial charge is 0.240 e. The number of rotatable bonds is 3. The lowest BCUT2D eigenvalue weighted by Crippen LogP contribution is -2.45. The zero-order valence-corrected chi connectivity index (χ0v) is 10.1. The Balaban J connectivity index is 2.04. The standard InChI is InChI=1S/C11H19N3O2/c1-8-12-10(16-13-8)7-14-6-4-5-9(14)11(2,3)15/h9,15H,4-7H2,1-3H3. The molecule has 0 radical (unpaired) electrons. The largest absolute Gasteiger partial charge is 0.389 e. The van der Waals surface area contributed by atoms with Crippen LogP contribution in [-0.4, -0.2) is 38.3 Å². The molecule has 16 heavy (non-hydrogen) atoms. The first kappa shape index (κ1) is 11.5. The van der Waals surface area contributed by atoms with E-state index in [4.69, 9.17) is 4.52 Å². The molecule has 1 unspecified atom stereocenters. The molecule has 0 aliphatic carbocycles. The Kier molecular flexibility index (Phi) is 2.99. The van der Waals surface area contributed by atoms with Gasteiger partial charge in [-0.05, 0) is 40.2 Å². The zero-order valence-electron chi connectivity index (χ0n) is 10.1. The molecule has 1 aromatic heterocycles. The molecule has 1 N–H and O–H groups in total. The topological polar surface area (TPSA) is 62.4 Å².